The fourth-order valence-corrected chi connectivity index (χ4v) is 5.51. The number of carboxylic acids is 1. The van der Waals surface area contributed by atoms with Crippen LogP contribution in [0.1, 0.15) is 18.2 Å². The number of aryl methyl sites for hydroxylation is 1. The van der Waals surface area contributed by atoms with E-state index in [0.29, 0.717) is 15.6 Å². The van der Waals surface area contributed by atoms with Gasteiger partial charge in [-0.3, -0.25) is 4.79 Å². The van der Waals surface area contributed by atoms with Gasteiger partial charge in [0.15, 0.2) is 0 Å². The van der Waals surface area contributed by atoms with Crippen molar-refractivity contribution in [3.05, 3.63) is 15.3 Å². The Morgan fingerprint density at radius 3 is 2.56 bits per heavy atom. The number of hydrogen-bond acceptors (Lipinski definition) is 4. The van der Waals surface area contributed by atoms with Crippen molar-refractivity contribution in [1.82, 2.24) is 4.31 Å². The third-order valence-corrected chi connectivity index (χ3v) is 6.68. The minimum absolute atomic E-state index is 0.102. The van der Waals surface area contributed by atoms with Crippen LogP contribution in [0.15, 0.2) is 11.0 Å². The summed E-state index contributed by atoms with van der Waals surface area (Å²) in [5, 5.41) is 9.12. The van der Waals surface area contributed by atoms with Crippen molar-refractivity contribution in [1.29, 1.82) is 0 Å². The van der Waals surface area contributed by atoms with Crippen LogP contribution in [0, 0.1) is 6.92 Å². The fraction of sp³-hybridized carbons (Fsp3) is 0.500. The Bertz CT molecular complexity index is 609. The number of hydrogen-bond donors (Lipinski definition) is 1. The normalized spacial score (nSPS) is 24.8. The highest BCUT2D eigenvalue weighted by atomic mass is 35.5. The lowest BCUT2D eigenvalue weighted by molar-refractivity contribution is -0.153. The van der Waals surface area contributed by atoms with Crippen molar-refractivity contribution in [3.63, 3.8) is 0 Å². The largest absolute Gasteiger partial charge is 0.480 e. The van der Waals surface area contributed by atoms with Gasteiger partial charge in [-0.1, -0.05) is 11.6 Å². The molecule has 0 aromatic carbocycles. The summed E-state index contributed by atoms with van der Waals surface area (Å²) in [5.41, 5.74) is -1.35. The highest BCUT2D eigenvalue weighted by Gasteiger charge is 2.53. The van der Waals surface area contributed by atoms with Gasteiger partial charge in [0.2, 0.25) is 10.0 Å². The predicted molar refractivity (Wildman–Crippen MR) is 68.6 cm³/mol. The predicted octanol–water partition coefficient (Wildman–Crippen LogP) is 1.95. The molecular weight excluding hydrogens is 298 g/mol. The molecule has 2 heterocycles. The van der Waals surface area contributed by atoms with Gasteiger partial charge < -0.3 is 5.11 Å². The van der Waals surface area contributed by atoms with Crippen LogP contribution in [0.4, 0.5) is 0 Å². The van der Waals surface area contributed by atoms with Gasteiger partial charge in [-0.2, -0.15) is 4.31 Å². The molecular formula is C10H12ClNO4S2. The molecule has 1 saturated heterocycles. The monoisotopic (exact) mass is 309 g/mol. The molecule has 0 amide bonds. The lowest BCUT2D eigenvalue weighted by Crippen LogP contribution is -2.64. The van der Waals surface area contributed by atoms with Crippen molar-refractivity contribution in [2.75, 3.05) is 6.54 Å². The zero-order chi connectivity index (χ0) is 13.7. The molecule has 1 aliphatic rings. The molecule has 0 aliphatic carbocycles. The lowest BCUT2D eigenvalue weighted by atomic mass is 9.90. The number of aliphatic carboxylic acids is 1. The molecule has 1 unspecified atom stereocenters. The minimum Gasteiger partial charge on any atom is -0.480 e. The standard InChI is InChI=1S/C10H12ClNO4S2/c1-6-7(5-8(11)17-6)18(15,16)12-4-3-10(12,2)9(13)14/h5H,3-4H2,1-2H3,(H,13,14). The van der Waals surface area contributed by atoms with Gasteiger partial charge in [-0.05, 0) is 26.3 Å². The first-order chi connectivity index (χ1) is 8.19. The molecule has 0 radical (unpaired) electrons. The third kappa shape index (κ3) is 1.85. The number of nitrogens with zero attached hydrogens (tertiary/aromatic N) is 1. The zero-order valence-electron chi connectivity index (χ0n) is 9.81. The molecule has 18 heavy (non-hydrogen) atoms. The highest BCUT2D eigenvalue weighted by molar-refractivity contribution is 7.89. The van der Waals surface area contributed by atoms with Crippen LogP contribution in [-0.2, 0) is 14.8 Å². The molecule has 1 aliphatic heterocycles. The average molecular weight is 310 g/mol. The number of sulfonamides is 1. The summed E-state index contributed by atoms with van der Waals surface area (Å²) < 4.78 is 26.2. The van der Waals surface area contributed by atoms with Crippen LogP contribution in [0.5, 0.6) is 0 Å². The van der Waals surface area contributed by atoms with Gasteiger partial charge in [0.25, 0.3) is 0 Å². The Morgan fingerprint density at radius 2 is 2.22 bits per heavy atom. The van der Waals surface area contributed by atoms with E-state index in [2.05, 4.69) is 0 Å². The smallest absolute Gasteiger partial charge is 0.324 e. The Morgan fingerprint density at radius 1 is 1.61 bits per heavy atom. The molecule has 1 N–H and O–H groups in total. The topological polar surface area (TPSA) is 74.7 Å². The molecule has 1 atom stereocenters. The van der Waals surface area contributed by atoms with E-state index in [1.165, 1.54) is 24.3 Å². The molecule has 2 rings (SSSR count). The van der Waals surface area contributed by atoms with Crippen molar-refractivity contribution in [2.45, 2.75) is 30.7 Å². The first kappa shape index (κ1) is 13.8. The van der Waals surface area contributed by atoms with Crippen molar-refractivity contribution >= 4 is 38.9 Å². The summed E-state index contributed by atoms with van der Waals surface area (Å²) in [5.74, 6) is -1.13. The van der Waals surface area contributed by atoms with Crippen LogP contribution in [0.2, 0.25) is 4.34 Å². The summed E-state index contributed by atoms with van der Waals surface area (Å²) in [4.78, 5) is 11.8. The number of halogens is 1. The highest BCUT2D eigenvalue weighted by Crippen LogP contribution is 2.39. The second-order valence-electron chi connectivity index (χ2n) is 4.38. The van der Waals surface area contributed by atoms with E-state index in [9.17, 15) is 13.2 Å². The maximum Gasteiger partial charge on any atom is 0.324 e. The Balaban J connectivity index is 2.45. The van der Waals surface area contributed by atoms with E-state index in [1.807, 2.05) is 0 Å². The number of rotatable bonds is 3. The van der Waals surface area contributed by atoms with Crippen molar-refractivity contribution in [3.8, 4) is 0 Å². The maximum atomic E-state index is 12.4. The summed E-state index contributed by atoms with van der Waals surface area (Å²) in [6, 6.07) is 1.37. The van der Waals surface area contributed by atoms with E-state index in [4.69, 9.17) is 16.7 Å². The van der Waals surface area contributed by atoms with Crippen molar-refractivity contribution < 1.29 is 18.3 Å². The van der Waals surface area contributed by atoms with E-state index >= 15 is 0 Å². The van der Waals surface area contributed by atoms with E-state index < -0.39 is 21.5 Å². The number of carbonyl (C=O) groups is 1. The van der Waals surface area contributed by atoms with Crippen LogP contribution >= 0.6 is 22.9 Å². The van der Waals surface area contributed by atoms with E-state index in [0.717, 1.165) is 4.31 Å². The van der Waals surface area contributed by atoms with Crippen LogP contribution in [-0.4, -0.2) is 35.9 Å². The lowest BCUT2D eigenvalue weighted by Gasteiger charge is -2.45. The summed E-state index contributed by atoms with van der Waals surface area (Å²) >= 11 is 6.96. The van der Waals surface area contributed by atoms with E-state index in [-0.39, 0.29) is 11.4 Å². The first-order valence-electron chi connectivity index (χ1n) is 5.22. The van der Waals surface area contributed by atoms with Gasteiger partial charge in [0, 0.05) is 11.4 Å². The van der Waals surface area contributed by atoms with Crippen LogP contribution in [0.25, 0.3) is 0 Å². The molecule has 100 valence electrons. The molecule has 0 saturated carbocycles. The van der Waals surface area contributed by atoms with Gasteiger partial charge in [-0.25, -0.2) is 8.42 Å². The number of carboxylic acid groups (broad SMARTS) is 1. The third-order valence-electron chi connectivity index (χ3n) is 3.22. The van der Waals surface area contributed by atoms with Crippen LogP contribution in [0.3, 0.4) is 0 Å². The first-order valence-corrected chi connectivity index (χ1v) is 7.85. The van der Waals surface area contributed by atoms with Gasteiger partial charge in [0.1, 0.15) is 5.54 Å². The molecule has 5 nitrogen and oxygen atoms in total. The summed E-state index contributed by atoms with van der Waals surface area (Å²) in [6.07, 6.45) is 0.318. The summed E-state index contributed by atoms with van der Waals surface area (Å²) in [6.45, 7) is 3.29. The molecule has 1 fully saturated rings. The summed E-state index contributed by atoms with van der Waals surface area (Å²) in [7, 11) is -3.79. The molecule has 8 heteroatoms. The van der Waals surface area contributed by atoms with Crippen LogP contribution < -0.4 is 0 Å². The van der Waals surface area contributed by atoms with Gasteiger partial charge in [0.05, 0.1) is 9.23 Å². The van der Waals surface area contributed by atoms with E-state index in [1.54, 1.807) is 6.92 Å². The number of thiophene rings is 1. The fourth-order valence-electron chi connectivity index (χ4n) is 1.94. The minimum atomic E-state index is -3.79. The second kappa shape index (κ2) is 4.19. The molecule has 1 aromatic heterocycles. The average Bonchev–Trinajstić information content (AvgIpc) is 2.54. The SMILES string of the molecule is Cc1sc(Cl)cc1S(=O)(=O)N1CCC1(C)C(=O)O. The van der Waals surface area contributed by atoms with Gasteiger partial charge in [-0.15, -0.1) is 11.3 Å². The Labute approximate surface area is 114 Å². The molecule has 1 aromatic rings. The molecule has 0 bridgehead atoms. The zero-order valence-corrected chi connectivity index (χ0v) is 12.2. The second-order valence-corrected chi connectivity index (χ2v) is 8.10. The molecule has 0 spiro atoms. The maximum absolute atomic E-state index is 12.4. The Hall–Kier alpha value is -0.630. The Kier molecular flexibility index (Phi) is 3.21. The van der Waals surface area contributed by atoms with Crippen molar-refractivity contribution in [2.24, 2.45) is 0 Å². The quantitative estimate of drug-likeness (QED) is 0.926. The van der Waals surface area contributed by atoms with Gasteiger partial charge >= 0.3 is 5.97 Å².